The summed E-state index contributed by atoms with van der Waals surface area (Å²) in [5, 5.41) is 4.28. The van der Waals surface area contributed by atoms with Crippen LogP contribution in [-0.2, 0) is 0 Å². The molecule has 29 heavy (non-hydrogen) atoms. The monoisotopic (exact) mass is 425 g/mol. The van der Waals surface area contributed by atoms with Gasteiger partial charge in [-0.05, 0) is 38.1 Å². The summed E-state index contributed by atoms with van der Waals surface area (Å²) in [6.07, 6.45) is 0. The fourth-order valence-electron chi connectivity index (χ4n) is 3.23. The van der Waals surface area contributed by atoms with Gasteiger partial charge in [0, 0.05) is 24.6 Å². The molecule has 0 radical (unpaired) electrons. The standard InChI is InChI=1S/C22H27N5S2/c1-15(21-24-17-7-3-4-8-18(17)25-21)28-13-11-23-12-14-29-16(2)22-26-19-9-5-6-10-20(19)27-22/h3-10,15-16,23H,11-14H2,1-2H3,(H,24,25)(H,26,27). The van der Waals surface area contributed by atoms with Gasteiger partial charge in [-0.15, -0.1) is 23.5 Å². The zero-order chi connectivity index (χ0) is 20.1. The lowest BCUT2D eigenvalue weighted by Gasteiger charge is -2.10. The molecule has 0 bridgehead atoms. The van der Waals surface area contributed by atoms with Gasteiger partial charge in [0.1, 0.15) is 11.6 Å². The minimum Gasteiger partial charge on any atom is -0.341 e. The van der Waals surface area contributed by atoms with Crippen LogP contribution < -0.4 is 5.32 Å². The Hall–Kier alpha value is -1.96. The zero-order valence-corrected chi connectivity index (χ0v) is 18.4. The molecule has 0 aliphatic rings. The summed E-state index contributed by atoms with van der Waals surface area (Å²) in [6.45, 7) is 6.45. The molecule has 3 N–H and O–H groups in total. The molecule has 2 aromatic heterocycles. The van der Waals surface area contributed by atoms with Gasteiger partial charge in [-0.3, -0.25) is 0 Å². The average Bonchev–Trinajstić information content (AvgIpc) is 3.37. The van der Waals surface area contributed by atoms with Crippen molar-refractivity contribution >= 4 is 45.6 Å². The van der Waals surface area contributed by atoms with Crippen molar-refractivity contribution in [2.45, 2.75) is 24.3 Å². The van der Waals surface area contributed by atoms with Gasteiger partial charge in [-0.25, -0.2) is 9.97 Å². The van der Waals surface area contributed by atoms with Crippen LogP contribution in [0.3, 0.4) is 0 Å². The van der Waals surface area contributed by atoms with Gasteiger partial charge < -0.3 is 15.3 Å². The predicted octanol–water partition coefficient (Wildman–Crippen LogP) is 5.32. The molecule has 0 saturated heterocycles. The molecular weight excluding hydrogens is 398 g/mol. The Morgan fingerprint density at radius 2 is 1.21 bits per heavy atom. The van der Waals surface area contributed by atoms with Gasteiger partial charge in [0.05, 0.1) is 32.6 Å². The number of nitrogens with zero attached hydrogens (tertiary/aromatic N) is 2. The van der Waals surface area contributed by atoms with Crippen LogP contribution >= 0.6 is 23.5 Å². The second kappa shape index (κ2) is 9.69. The highest BCUT2D eigenvalue weighted by molar-refractivity contribution is 7.99. The highest BCUT2D eigenvalue weighted by Gasteiger charge is 2.12. The number of fused-ring (bicyclic) bond motifs is 2. The lowest BCUT2D eigenvalue weighted by molar-refractivity contribution is 0.771. The highest BCUT2D eigenvalue weighted by atomic mass is 32.2. The molecule has 4 rings (SSSR count). The molecule has 0 saturated carbocycles. The molecular formula is C22H27N5S2. The number of H-pyrrole nitrogens is 2. The third-order valence-corrected chi connectivity index (χ3v) is 7.21. The summed E-state index contributed by atoms with van der Waals surface area (Å²) >= 11 is 3.86. The number of aromatic nitrogens is 4. The summed E-state index contributed by atoms with van der Waals surface area (Å²) in [5.74, 6) is 4.27. The first-order valence-electron chi connectivity index (χ1n) is 10.0. The average molecular weight is 426 g/mol. The fourth-order valence-corrected chi connectivity index (χ4v) is 5.00. The molecule has 0 aliphatic carbocycles. The molecule has 152 valence electrons. The van der Waals surface area contributed by atoms with Crippen molar-refractivity contribution < 1.29 is 0 Å². The van der Waals surface area contributed by atoms with Gasteiger partial charge in [-0.2, -0.15) is 0 Å². The number of hydrogen-bond acceptors (Lipinski definition) is 5. The topological polar surface area (TPSA) is 69.4 Å². The zero-order valence-electron chi connectivity index (χ0n) is 16.8. The van der Waals surface area contributed by atoms with Crippen LogP contribution in [0.1, 0.15) is 36.0 Å². The van der Waals surface area contributed by atoms with E-state index in [2.05, 4.69) is 53.4 Å². The Labute approximate surface area is 179 Å². The molecule has 2 heterocycles. The van der Waals surface area contributed by atoms with E-state index >= 15 is 0 Å². The Bertz CT molecular complexity index is 907. The Balaban J connectivity index is 1.13. The molecule has 2 unspecified atom stereocenters. The van der Waals surface area contributed by atoms with Crippen LogP contribution in [0.15, 0.2) is 48.5 Å². The van der Waals surface area contributed by atoms with E-state index in [0.717, 1.165) is 58.3 Å². The SMILES string of the molecule is CC(SCCNCCSC(C)c1nc2ccccc2[nH]1)c1nc2ccccc2[nH]1. The number of thioether (sulfide) groups is 2. The number of para-hydroxylation sites is 4. The van der Waals surface area contributed by atoms with Crippen molar-refractivity contribution in [1.82, 2.24) is 25.3 Å². The largest absolute Gasteiger partial charge is 0.341 e. The van der Waals surface area contributed by atoms with Crippen molar-refractivity contribution in [3.8, 4) is 0 Å². The van der Waals surface area contributed by atoms with E-state index in [1.54, 1.807) is 0 Å². The van der Waals surface area contributed by atoms with E-state index in [9.17, 15) is 0 Å². The number of imidazole rings is 2. The van der Waals surface area contributed by atoms with Crippen LogP contribution in [0.25, 0.3) is 22.1 Å². The third kappa shape index (κ3) is 5.15. The van der Waals surface area contributed by atoms with Crippen molar-refractivity contribution in [1.29, 1.82) is 0 Å². The first-order chi connectivity index (χ1) is 14.2. The molecule has 0 amide bonds. The first kappa shape index (κ1) is 20.3. The van der Waals surface area contributed by atoms with Crippen LogP contribution in [-0.4, -0.2) is 44.5 Å². The van der Waals surface area contributed by atoms with Crippen molar-refractivity contribution in [2.24, 2.45) is 0 Å². The van der Waals surface area contributed by atoms with Crippen LogP contribution in [0.2, 0.25) is 0 Å². The minimum atomic E-state index is 0.367. The quantitative estimate of drug-likeness (QED) is 0.300. The fraction of sp³-hybridized carbons (Fsp3) is 0.364. The smallest absolute Gasteiger partial charge is 0.120 e. The van der Waals surface area contributed by atoms with Gasteiger partial charge in [0.25, 0.3) is 0 Å². The molecule has 5 nitrogen and oxygen atoms in total. The van der Waals surface area contributed by atoms with E-state index < -0.39 is 0 Å². The maximum Gasteiger partial charge on any atom is 0.120 e. The summed E-state index contributed by atoms with van der Waals surface area (Å²) in [5.41, 5.74) is 4.32. The van der Waals surface area contributed by atoms with E-state index in [1.807, 2.05) is 47.8 Å². The van der Waals surface area contributed by atoms with E-state index in [1.165, 1.54) is 0 Å². The number of hydrogen-bond donors (Lipinski definition) is 3. The number of benzene rings is 2. The number of aromatic amines is 2. The van der Waals surface area contributed by atoms with Gasteiger partial charge in [0.15, 0.2) is 0 Å². The molecule has 0 aliphatic heterocycles. The van der Waals surface area contributed by atoms with E-state index in [4.69, 9.17) is 9.97 Å². The van der Waals surface area contributed by atoms with Gasteiger partial charge in [-0.1, -0.05) is 24.3 Å². The van der Waals surface area contributed by atoms with Crippen molar-refractivity contribution in [2.75, 3.05) is 24.6 Å². The van der Waals surface area contributed by atoms with Crippen molar-refractivity contribution in [3.63, 3.8) is 0 Å². The second-order valence-corrected chi connectivity index (χ2v) is 9.95. The minimum absolute atomic E-state index is 0.367. The molecule has 2 atom stereocenters. The normalized spacial score (nSPS) is 13.9. The lowest BCUT2D eigenvalue weighted by atomic mass is 10.3. The first-order valence-corrected chi connectivity index (χ1v) is 12.1. The third-order valence-electron chi connectivity index (χ3n) is 4.88. The van der Waals surface area contributed by atoms with Crippen LogP contribution in [0.5, 0.6) is 0 Å². The summed E-state index contributed by atoms with van der Waals surface area (Å²) in [7, 11) is 0. The van der Waals surface area contributed by atoms with Gasteiger partial charge >= 0.3 is 0 Å². The molecule has 0 fully saturated rings. The molecule has 7 heteroatoms. The predicted molar refractivity (Wildman–Crippen MR) is 127 cm³/mol. The summed E-state index contributed by atoms with van der Waals surface area (Å²) in [6, 6.07) is 16.4. The Morgan fingerprint density at radius 3 is 1.66 bits per heavy atom. The maximum absolute atomic E-state index is 4.70. The van der Waals surface area contributed by atoms with Crippen LogP contribution in [0, 0.1) is 0 Å². The molecule has 0 spiro atoms. The summed E-state index contributed by atoms with van der Waals surface area (Å²) in [4.78, 5) is 16.3. The molecule has 4 aromatic rings. The lowest BCUT2D eigenvalue weighted by Crippen LogP contribution is -2.20. The maximum atomic E-state index is 4.70. The van der Waals surface area contributed by atoms with E-state index in [0.29, 0.717) is 10.5 Å². The van der Waals surface area contributed by atoms with Crippen molar-refractivity contribution in [3.05, 3.63) is 60.2 Å². The number of rotatable bonds is 10. The Kier molecular flexibility index (Phi) is 6.79. The Morgan fingerprint density at radius 1 is 0.759 bits per heavy atom. The highest BCUT2D eigenvalue weighted by Crippen LogP contribution is 2.28. The van der Waals surface area contributed by atoms with Crippen LogP contribution in [0.4, 0.5) is 0 Å². The van der Waals surface area contributed by atoms with E-state index in [-0.39, 0.29) is 0 Å². The second-order valence-electron chi connectivity index (χ2n) is 7.05. The molecule has 2 aromatic carbocycles. The number of nitrogens with one attached hydrogen (secondary N) is 3. The van der Waals surface area contributed by atoms with Gasteiger partial charge in [0.2, 0.25) is 0 Å². The summed E-state index contributed by atoms with van der Waals surface area (Å²) < 4.78 is 0.